The molecule has 0 aliphatic rings. The third-order valence-corrected chi connectivity index (χ3v) is 2.19. The SMILES string of the molecule is CC(CCS(C)(=O)=O)OC(N)=O. The largest absolute Gasteiger partial charge is 0.447 e. The van der Waals surface area contributed by atoms with Crippen LogP contribution in [0.15, 0.2) is 0 Å². The van der Waals surface area contributed by atoms with Gasteiger partial charge in [-0.2, -0.15) is 0 Å². The standard InChI is InChI=1S/C6H13NO4S/c1-5(11-6(7)8)3-4-12(2,9)10/h5H,3-4H2,1-2H3,(H2,7,8). The normalized spacial score (nSPS) is 13.8. The Hall–Kier alpha value is -0.780. The number of hydrogen-bond donors (Lipinski definition) is 1. The number of primary amides is 1. The maximum absolute atomic E-state index is 10.6. The van der Waals surface area contributed by atoms with Crippen LogP contribution in [0.3, 0.4) is 0 Å². The molecule has 0 heterocycles. The van der Waals surface area contributed by atoms with Crippen molar-refractivity contribution in [1.82, 2.24) is 0 Å². The van der Waals surface area contributed by atoms with Gasteiger partial charge in [-0.25, -0.2) is 13.2 Å². The molecular formula is C6H13NO4S. The van der Waals surface area contributed by atoms with Crippen LogP contribution >= 0.6 is 0 Å². The molecule has 0 aliphatic carbocycles. The summed E-state index contributed by atoms with van der Waals surface area (Å²) in [6.45, 7) is 1.59. The van der Waals surface area contributed by atoms with Gasteiger partial charge in [-0.1, -0.05) is 0 Å². The minimum absolute atomic E-state index is 0.00144. The molecule has 0 aromatic rings. The number of amides is 1. The summed E-state index contributed by atoms with van der Waals surface area (Å²) >= 11 is 0. The lowest BCUT2D eigenvalue weighted by Crippen LogP contribution is -2.22. The van der Waals surface area contributed by atoms with E-state index in [4.69, 9.17) is 5.73 Å². The highest BCUT2D eigenvalue weighted by molar-refractivity contribution is 7.90. The first-order valence-corrected chi connectivity index (χ1v) is 5.51. The molecule has 0 aromatic carbocycles. The van der Waals surface area contributed by atoms with Crippen LogP contribution in [0.2, 0.25) is 0 Å². The zero-order valence-corrected chi connectivity index (χ0v) is 7.93. The highest BCUT2D eigenvalue weighted by atomic mass is 32.2. The van der Waals surface area contributed by atoms with E-state index in [1.807, 2.05) is 0 Å². The van der Waals surface area contributed by atoms with Crippen molar-refractivity contribution < 1.29 is 17.9 Å². The van der Waals surface area contributed by atoms with Crippen LogP contribution in [0.4, 0.5) is 4.79 Å². The Bertz CT molecular complexity index is 246. The van der Waals surface area contributed by atoms with E-state index in [1.54, 1.807) is 6.92 Å². The summed E-state index contributed by atoms with van der Waals surface area (Å²) in [5.41, 5.74) is 4.72. The first-order valence-electron chi connectivity index (χ1n) is 3.45. The summed E-state index contributed by atoms with van der Waals surface area (Å²) in [5.74, 6) is 0.00144. The van der Waals surface area contributed by atoms with Crippen molar-refractivity contribution in [2.75, 3.05) is 12.0 Å². The first-order chi connectivity index (χ1) is 5.31. The zero-order chi connectivity index (χ0) is 9.78. The Balaban J connectivity index is 3.72. The lowest BCUT2D eigenvalue weighted by atomic mass is 10.3. The van der Waals surface area contributed by atoms with E-state index < -0.39 is 22.0 Å². The molecule has 0 bridgehead atoms. The van der Waals surface area contributed by atoms with E-state index in [0.717, 1.165) is 6.26 Å². The van der Waals surface area contributed by atoms with Crippen LogP contribution < -0.4 is 5.73 Å². The van der Waals surface area contributed by atoms with Crippen LogP contribution in [0.5, 0.6) is 0 Å². The van der Waals surface area contributed by atoms with E-state index >= 15 is 0 Å². The summed E-state index contributed by atoms with van der Waals surface area (Å²) in [4.78, 5) is 10.2. The maximum atomic E-state index is 10.6. The van der Waals surface area contributed by atoms with Crippen molar-refractivity contribution in [1.29, 1.82) is 0 Å². The van der Waals surface area contributed by atoms with Crippen LogP contribution in [0.1, 0.15) is 13.3 Å². The minimum atomic E-state index is -2.99. The molecule has 1 atom stereocenters. The van der Waals surface area contributed by atoms with E-state index in [2.05, 4.69) is 4.74 Å². The minimum Gasteiger partial charge on any atom is -0.447 e. The van der Waals surface area contributed by atoms with Gasteiger partial charge in [0.1, 0.15) is 15.9 Å². The molecule has 0 saturated carbocycles. The second-order valence-corrected chi connectivity index (χ2v) is 4.93. The molecule has 0 fully saturated rings. The predicted octanol–water partition coefficient (Wildman–Crippen LogP) is -0.0951. The summed E-state index contributed by atoms with van der Waals surface area (Å²) < 4.78 is 25.8. The monoisotopic (exact) mass is 195 g/mol. The molecule has 2 N–H and O–H groups in total. The van der Waals surface area contributed by atoms with Gasteiger partial charge in [-0.3, -0.25) is 0 Å². The molecule has 0 aliphatic heterocycles. The van der Waals surface area contributed by atoms with Gasteiger partial charge in [0.15, 0.2) is 0 Å². The summed E-state index contributed by atoms with van der Waals surface area (Å²) in [5, 5.41) is 0. The molecule has 1 unspecified atom stereocenters. The molecule has 12 heavy (non-hydrogen) atoms. The molecule has 1 amide bonds. The van der Waals surface area contributed by atoms with Crippen molar-refractivity contribution in [3.8, 4) is 0 Å². The molecule has 0 radical (unpaired) electrons. The fraction of sp³-hybridized carbons (Fsp3) is 0.833. The Morgan fingerprint density at radius 3 is 2.42 bits per heavy atom. The van der Waals surface area contributed by atoms with Gasteiger partial charge in [-0.15, -0.1) is 0 Å². The Kier molecular flexibility index (Phi) is 4.02. The van der Waals surface area contributed by atoms with Crippen LogP contribution in [-0.2, 0) is 14.6 Å². The highest BCUT2D eigenvalue weighted by Crippen LogP contribution is 1.99. The molecule has 0 spiro atoms. The number of carbonyl (C=O) groups is 1. The van der Waals surface area contributed by atoms with Gasteiger partial charge in [-0.05, 0) is 13.3 Å². The smallest absolute Gasteiger partial charge is 0.404 e. The van der Waals surface area contributed by atoms with Crippen molar-refractivity contribution in [2.45, 2.75) is 19.4 Å². The summed E-state index contributed by atoms with van der Waals surface area (Å²) in [6.07, 6.45) is 0.0828. The summed E-state index contributed by atoms with van der Waals surface area (Å²) in [6, 6.07) is 0. The van der Waals surface area contributed by atoms with Crippen LogP contribution in [0.25, 0.3) is 0 Å². The second-order valence-electron chi connectivity index (χ2n) is 2.67. The molecule has 0 saturated heterocycles. The topological polar surface area (TPSA) is 86.5 Å². The van der Waals surface area contributed by atoms with E-state index in [-0.39, 0.29) is 12.2 Å². The van der Waals surface area contributed by atoms with Gasteiger partial charge in [0.25, 0.3) is 0 Å². The lowest BCUT2D eigenvalue weighted by Gasteiger charge is -2.09. The number of carbonyl (C=O) groups excluding carboxylic acids is 1. The van der Waals surface area contributed by atoms with E-state index in [9.17, 15) is 13.2 Å². The van der Waals surface area contributed by atoms with E-state index in [0.29, 0.717) is 0 Å². The number of nitrogens with two attached hydrogens (primary N) is 1. The molecule has 0 rings (SSSR count). The van der Waals surface area contributed by atoms with Gasteiger partial charge < -0.3 is 10.5 Å². The Morgan fingerprint density at radius 2 is 2.08 bits per heavy atom. The number of sulfone groups is 1. The van der Waals surface area contributed by atoms with E-state index in [1.165, 1.54) is 0 Å². The Morgan fingerprint density at radius 1 is 1.58 bits per heavy atom. The average molecular weight is 195 g/mol. The summed E-state index contributed by atoms with van der Waals surface area (Å²) in [7, 11) is -2.99. The molecule has 6 heteroatoms. The van der Waals surface area contributed by atoms with Crippen LogP contribution in [-0.4, -0.2) is 32.6 Å². The number of hydrogen-bond acceptors (Lipinski definition) is 4. The fourth-order valence-electron chi connectivity index (χ4n) is 0.637. The third kappa shape index (κ3) is 7.33. The molecule has 72 valence electrons. The average Bonchev–Trinajstić information content (AvgIpc) is 1.80. The quantitative estimate of drug-likeness (QED) is 0.679. The van der Waals surface area contributed by atoms with Crippen molar-refractivity contribution >= 4 is 15.9 Å². The zero-order valence-electron chi connectivity index (χ0n) is 7.11. The second kappa shape index (κ2) is 4.30. The van der Waals surface area contributed by atoms with Crippen molar-refractivity contribution in [3.05, 3.63) is 0 Å². The fourth-order valence-corrected chi connectivity index (χ4v) is 1.40. The van der Waals surface area contributed by atoms with Gasteiger partial charge in [0.2, 0.25) is 0 Å². The molecule has 0 aromatic heterocycles. The molecule has 5 nitrogen and oxygen atoms in total. The third-order valence-electron chi connectivity index (χ3n) is 1.21. The lowest BCUT2D eigenvalue weighted by molar-refractivity contribution is 0.114. The van der Waals surface area contributed by atoms with Gasteiger partial charge >= 0.3 is 6.09 Å². The van der Waals surface area contributed by atoms with Crippen LogP contribution in [0, 0.1) is 0 Å². The predicted molar refractivity (Wildman–Crippen MR) is 44.5 cm³/mol. The number of rotatable bonds is 4. The van der Waals surface area contributed by atoms with Crippen molar-refractivity contribution in [3.63, 3.8) is 0 Å². The Labute approximate surface area is 71.8 Å². The first kappa shape index (κ1) is 11.2. The highest BCUT2D eigenvalue weighted by Gasteiger charge is 2.09. The van der Waals surface area contributed by atoms with Gasteiger partial charge in [0, 0.05) is 6.26 Å². The maximum Gasteiger partial charge on any atom is 0.404 e. The molecular weight excluding hydrogens is 182 g/mol. The number of ether oxygens (including phenoxy) is 1. The van der Waals surface area contributed by atoms with Crippen molar-refractivity contribution in [2.24, 2.45) is 5.73 Å². The van der Waals surface area contributed by atoms with Gasteiger partial charge in [0.05, 0.1) is 5.75 Å².